The molecule has 0 radical (unpaired) electrons. The number of hydrogen-bond donors (Lipinski definition) is 1. The normalized spacial score (nSPS) is 17.2. The van der Waals surface area contributed by atoms with E-state index in [1.54, 1.807) is 0 Å². The summed E-state index contributed by atoms with van der Waals surface area (Å²) in [5, 5.41) is 3.16. The van der Waals surface area contributed by atoms with E-state index in [2.05, 4.69) is 12.2 Å². The van der Waals surface area contributed by atoms with Gasteiger partial charge >= 0.3 is 0 Å². The summed E-state index contributed by atoms with van der Waals surface area (Å²) in [6.07, 6.45) is 5.41. The quantitative estimate of drug-likeness (QED) is 0.806. The monoisotopic (exact) mass is 245 g/mol. The number of allylic oxidation sites excluding steroid dienone is 1. The molecule has 1 saturated carbocycles. The summed E-state index contributed by atoms with van der Waals surface area (Å²) in [6.45, 7) is 2.83. The number of anilines is 1. The Labute approximate surface area is 108 Å². The summed E-state index contributed by atoms with van der Waals surface area (Å²) in [5.41, 5.74) is 1.88. The van der Waals surface area contributed by atoms with Crippen molar-refractivity contribution in [3.05, 3.63) is 36.0 Å². The van der Waals surface area contributed by atoms with Crippen molar-refractivity contribution < 1.29 is 9.53 Å². The molecular formula is C15H19NO2. The number of carbonyl (C=O) groups excluding carboxylic acids is 1. The van der Waals surface area contributed by atoms with E-state index in [1.165, 1.54) is 0 Å². The van der Waals surface area contributed by atoms with Crippen molar-refractivity contribution >= 4 is 11.5 Å². The van der Waals surface area contributed by atoms with Gasteiger partial charge < -0.3 is 10.1 Å². The highest BCUT2D eigenvalue weighted by molar-refractivity contribution is 5.97. The molecule has 0 bridgehead atoms. The van der Waals surface area contributed by atoms with Crippen LogP contribution in [0.25, 0.3) is 0 Å². The van der Waals surface area contributed by atoms with Crippen molar-refractivity contribution in [2.75, 3.05) is 11.9 Å². The zero-order valence-electron chi connectivity index (χ0n) is 10.7. The van der Waals surface area contributed by atoms with Gasteiger partial charge in [0.2, 0.25) is 0 Å². The molecule has 1 N–H and O–H groups in total. The minimum atomic E-state index is 0.269. The number of rotatable bonds is 5. The number of hydrogen-bond acceptors (Lipinski definition) is 3. The lowest BCUT2D eigenvalue weighted by Crippen LogP contribution is -1.97. The van der Waals surface area contributed by atoms with E-state index in [4.69, 9.17) is 4.74 Å². The number of nitrogens with one attached hydrogen (secondary N) is 1. The van der Waals surface area contributed by atoms with Crippen molar-refractivity contribution in [1.82, 2.24) is 0 Å². The fraction of sp³-hybridized carbons (Fsp3) is 0.400. The van der Waals surface area contributed by atoms with Crippen LogP contribution >= 0.6 is 0 Å². The second kappa shape index (κ2) is 6.24. The molecule has 1 aromatic rings. The first kappa shape index (κ1) is 12.7. The molecule has 1 aromatic carbocycles. The van der Waals surface area contributed by atoms with Crippen LogP contribution in [-0.2, 0) is 4.79 Å². The lowest BCUT2D eigenvalue weighted by Gasteiger charge is -2.06. The Morgan fingerprint density at radius 2 is 2.06 bits per heavy atom. The molecule has 0 spiro atoms. The third-order valence-corrected chi connectivity index (χ3v) is 2.95. The number of carbonyl (C=O) groups is 1. The Balaban J connectivity index is 1.92. The van der Waals surface area contributed by atoms with Crippen LogP contribution < -0.4 is 10.1 Å². The maximum absolute atomic E-state index is 11.4. The molecule has 0 atom stereocenters. The predicted octanol–water partition coefficient (Wildman–Crippen LogP) is 3.52. The molecule has 0 amide bonds. The predicted molar refractivity (Wildman–Crippen MR) is 72.8 cm³/mol. The average Bonchev–Trinajstić information content (AvgIpc) is 2.81. The van der Waals surface area contributed by atoms with Gasteiger partial charge in [0.1, 0.15) is 5.75 Å². The summed E-state index contributed by atoms with van der Waals surface area (Å²) in [4.78, 5) is 11.4. The molecule has 0 unspecified atom stereocenters. The van der Waals surface area contributed by atoms with Crippen LogP contribution in [0.1, 0.15) is 32.6 Å². The van der Waals surface area contributed by atoms with Gasteiger partial charge in [0.15, 0.2) is 5.78 Å². The third kappa shape index (κ3) is 3.36. The summed E-state index contributed by atoms with van der Waals surface area (Å²) in [5.74, 6) is 1.15. The van der Waals surface area contributed by atoms with Gasteiger partial charge in [-0.1, -0.05) is 6.92 Å². The average molecular weight is 245 g/mol. The van der Waals surface area contributed by atoms with E-state index in [0.29, 0.717) is 6.42 Å². The van der Waals surface area contributed by atoms with E-state index in [-0.39, 0.29) is 5.78 Å². The zero-order valence-corrected chi connectivity index (χ0v) is 10.7. The summed E-state index contributed by atoms with van der Waals surface area (Å²) < 4.78 is 5.51. The topological polar surface area (TPSA) is 38.3 Å². The molecule has 0 saturated heterocycles. The number of ether oxygens (including phenoxy) is 1. The van der Waals surface area contributed by atoms with Crippen molar-refractivity contribution in [3.63, 3.8) is 0 Å². The van der Waals surface area contributed by atoms with Crippen LogP contribution in [0.15, 0.2) is 36.0 Å². The highest BCUT2D eigenvalue weighted by Crippen LogP contribution is 2.21. The highest BCUT2D eigenvalue weighted by Gasteiger charge is 2.16. The second-order valence-corrected chi connectivity index (χ2v) is 4.46. The number of benzene rings is 1. The second-order valence-electron chi connectivity index (χ2n) is 4.46. The minimum absolute atomic E-state index is 0.269. The molecule has 0 aromatic heterocycles. The fourth-order valence-corrected chi connectivity index (χ4v) is 1.93. The van der Waals surface area contributed by atoms with E-state index >= 15 is 0 Å². The van der Waals surface area contributed by atoms with Gasteiger partial charge in [-0.15, -0.1) is 0 Å². The maximum atomic E-state index is 11.4. The Morgan fingerprint density at radius 1 is 1.28 bits per heavy atom. The lowest BCUT2D eigenvalue weighted by molar-refractivity contribution is -0.114. The molecule has 3 nitrogen and oxygen atoms in total. The van der Waals surface area contributed by atoms with Crippen LogP contribution in [0.5, 0.6) is 5.75 Å². The van der Waals surface area contributed by atoms with E-state index in [0.717, 1.165) is 42.9 Å². The van der Waals surface area contributed by atoms with Gasteiger partial charge in [-0.3, -0.25) is 4.79 Å². The minimum Gasteiger partial charge on any atom is -0.494 e. The molecule has 2 rings (SSSR count). The van der Waals surface area contributed by atoms with Crippen molar-refractivity contribution in [2.24, 2.45) is 0 Å². The molecule has 0 aliphatic heterocycles. The first-order chi connectivity index (χ1) is 8.79. The van der Waals surface area contributed by atoms with Crippen molar-refractivity contribution in [2.45, 2.75) is 32.6 Å². The van der Waals surface area contributed by atoms with Gasteiger partial charge in [0.05, 0.1) is 6.61 Å². The van der Waals surface area contributed by atoms with E-state index < -0.39 is 0 Å². The molecule has 3 heteroatoms. The van der Waals surface area contributed by atoms with Crippen molar-refractivity contribution in [3.8, 4) is 5.75 Å². The van der Waals surface area contributed by atoms with Crippen molar-refractivity contribution in [1.29, 1.82) is 0 Å². The van der Waals surface area contributed by atoms with Crippen LogP contribution in [0.2, 0.25) is 0 Å². The number of ketones is 1. The molecule has 0 heterocycles. The van der Waals surface area contributed by atoms with Gasteiger partial charge in [0, 0.05) is 23.9 Å². The fourth-order valence-electron chi connectivity index (χ4n) is 1.93. The lowest BCUT2D eigenvalue weighted by atomic mass is 10.2. The Morgan fingerprint density at radius 3 is 2.67 bits per heavy atom. The van der Waals surface area contributed by atoms with E-state index in [9.17, 15) is 4.79 Å². The van der Waals surface area contributed by atoms with Gasteiger partial charge in [-0.05, 0) is 43.5 Å². The van der Waals surface area contributed by atoms with Crippen LogP contribution in [-0.4, -0.2) is 12.4 Å². The molecule has 96 valence electrons. The standard InChI is InChI=1S/C15H19NO2/c1-2-10-18-14-8-6-13(7-9-14)16-11-12-4-3-5-15(12)17/h6-9,11,16H,2-5,10H2,1H3/b12-11-. The Kier molecular flexibility index (Phi) is 4.40. The smallest absolute Gasteiger partial charge is 0.160 e. The van der Waals surface area contributed by atoms with Crippen LogP contribution in [0.4, 0.5) is 5.69 Å². The molecule has 1 aliphatic rings. The number of Topliss-reactive ketones (excluding diaryl/α,β-unsaturated/α-hetero) is 1. The highest BCUT2D eigenvalue weighted by atomic mass is 16.5. The molecule has 18 heavy (non-hydrogen) atoms. The maximum Gasteiger partial charge on any atom is 0.160 e. The largest absolute Gasteiger partial charge is 0.494 e. The Bertz CT molecular complexity index is 434. The van der Waals surface area contributed by atoms with Crippen LogP contribution in [0.3, 0.4) is 0 Å². The summed E-state index contributed by atoms with van der Waals surface area (Å²) in [6, 6.07) is 7.79. The van der Waals surface area contributed by atoms with Crippen LogP contribution in [0, 0.1) is 0 Å². The SMILES string of the molecule is CCCOc1ccc(N/C=C2/CCCC2=O)cc1. The Hall–Kier alpha value is -1.77. The van der Waals surface area contributed by atoms with Gasteiger partial charge in [-0.25, -0.2) is 0 Å². The first-order valence-corrected chi connectivity index (χ1v) is 6.51. The summed E-state index contributed by atoms with van der Waals surface area (Å²) >= 11 is 0. The molecular weight excluding hydrogens is 226 g/mol. The third-order valence-electron chi connectivity index (χ3n) is 2.95. The van der Waals surface area contributed by atoms with Gasteiger partial charge in [0.25, 0.3) is 0 Å². The molecule has 1 aliphatic carbocycles. The summed E-state index contributed by atoms with van der Waals surface area (Å²) in [7, 11) is 0. The first-order valence-electron chi connectivity index (χ1n) is 6.51. The molecule has 1 fully saturated rings. The van der Waals surface area contributed by atoms with Gasteiger partial charge in [-0.2, -0.15) is 0 Å². The zero-order chi connectivity index (χ0) is 12.8. The van der Waals surface area contributed by atoms with E-state index in [1.807, 2.05) is 30.5 Å².